The van der Waals surface area contributed by atoms with Gasteiger partial charge in [0.2, 0.25) is 0 Å². The second-order valence-electron chi connectivity index (χ2n) is 4.61. The number of carboxylic acid groups (broad SMARTS) is 1. The Balaban J connectivity index is 3.36. The van der Waals surface area contributed by atoms with Crippen molar-refractivity contribution in [3.8, 4) is 0 Å². The number of hydrogen-bond donors (Lipinski definition) is 1. The quantitative estimate of drug-likeness (QED) is 0.927. The van der Waals surface area contributed by atoms with Crippen molar-refractivity contribution in [3.63, 3.8) is 0 Å². The van der Waals surface area contributed by atoms with Crippen molar-refractivity contribution < 1.29 is 23.1 Å². The number of carboxylic acids is 1. The van der Waals surface area contributed by atoms with Gasteiger partial charge in [-0.1, -0.05) is 25.4 Å². The van der Waals surface area contributed by atoms with Gasteiger partial charge >= 0.3 is 12.1 Å². The van der Waals surface area contributed by atoms with Crippen LogP contribution in [0, 0.1) is 5.92 Å². The monoisotopic (exact) mass is 312 g/mol. The van der Waals surface area contributed by atoms with Gasteiger partial charge in [0, 0.05) is 6.07 Å². The SMILES string of the molecule is CC(C)CC(C(=O)O)n1nc(Cl)c(C(F)(F)F)cc1=O. The second-order valence-corrected chi connectivity index (χ2v) is 4.97. The molecule has 0 bridgehead atoms. The number of carbonyl (C=O) groups is 1. The molecule has 0 fully saturated rings. The van der Waals surface area contributed by atoms with Crippen molar-refractivity contribution in [2.24, 2.45) is 5.92 Å². The van der Waals surface area contributed by atoms with Crippen LogP contribution in [0.5, 0.6) is 0 Å². The maximum Gasteiger partial charge on any atom is 0.419 e. The minimum absolute atomic E-state index is 0.0456. The summed E-state index contributed by atoms with van der Waals surface area (Å²) in [5, 5.41) is 11.4. The van der Waals surface area contributed by atoms with Gasteiger partial charge in [0.25, 0.3) is 5.56 Å². The van der Waals surface area contributed by atoms with Gasteiger partial charge in [-0.15, -0.1) is 0 Å². The van der Waals surface area contributed by atoms with Crippen molar-refractivity contribution >= 4 is 17.6 Å². The second kappa shape index (κ2) is 5.82. The van der Waals surface area contributed by atoms with Crippen LogP contribution < -0.4 is 5.56 Å². The third-order valence-corrected chi connectivity index (χ3v) is 2.77. The number of alkyl halides is 3. The summed E-state index contributed by atoms with van der Waals surface area (Å²) in [5.41, 5.74) is -2.54. The molecule has 0 amide bonds. The van der Waals surface area contributed by atoms with Gasteiger partial charge in [0.1, 0.15) is 5.56 Å². The minimum atomic E-state index is -4.82. The molecule has 0 aliphatic heterocycles. The van der Waals surface area contributed by atoms with Crippen LogP contribution in [-0.2, 0) is 11.0 Å². The summed E-state index contributed by atoms with van der Waals surface area (Å²) in [6.45, 7) is 3.43. The lowest BCUT2D eigenvalue weighted by molar-refractivity contribution is -0.142. The van der Waals surface area contributed by atoms with Gasteiger partial charge in [-0.05, 0) is 12.3 Å². The maximum absolute atomic E-state index is 12.5. The molecule has 0 saturated carbocycles. The Morgan fingerprint density at radius 3 is 2.45 bits per heavy atom. The van der Waals surface area contributed by atoms with Gasteiger partial charge in [-0.25, -0.2) is 9.48 Å². The predicted molar refractivity (Wildman–Crippen MR) is 64.6 cm³/mol. The van der Waals surface area contributed by atoms with E-state index in [2.05, 4.69) is 5.10 Å². The average molecular weight is 313 g/mol. The molecule has 0 radical (unpaired) electrons. The molecule has 0 aliphatic rings. The van der Waals surface area contributed by atoms with Gasteiger partial charge in [0.15, 0.2) is 11.2 Å². The van der Waals surface area contributed by atoms with E-state index in [0.717, 1.165) is 0 Å². The molecule has 9 heteroatoms. The Kier molecular flexibility index (Phi) is 4.80. The molecule has 1 aromatic rings. The maximum atomic E-state index is 12.5. The highest BCUT2D eigenvalue weighted by Gasteiger charge is 2.36. The van der Waals surface area contributed by atoms with Crippen molar-refractivity contribution in [3.05, 3.63) is 27.1 Å². The van der Waals surface area contributed by atoms with E-state index in [1.165, 1.54) is 0 Å². The fraction of sp³-hybridized carbons (Fsp3) is 0.545. The van der Waals surface area contributed by atoms with Crippen LogP contribution in [-0.4, -0.2) is 20.9 Å². The van der Waals surface area contributed by atoms with E-state index in [9.17, 15) is 22.8 Å². The summed E-state index contributed by atoms with van der Waals surface area (Å²) >= 11 is 5.39. The number of halogens is 4. The lowest BCUT2D eigenvalue weighted by Gasteiger charge is -2.17. The molecule has 1 N–H and O–H groups in total. The molecule has 5 nitrogen and oxygen atoms in total. The van der Waals surface area contributed by atoms with Crippen LogP contribution in [0.4, 0.5) is 13.2 Å². The number of aliphatic carboxylic acids is 1. The number of rotatable bonds is 4. The summed E-state index contributed by atoms with van der Waals surface area (Å²) in [5.74, 6) is -1.45. The van der Waals surface area contributed by atoms with Gasteiger partial charge in [-0.3, -0.25) is 4.79 Å². The summed E-state index contributed by atoms with van der Waals surface area (Å²) in [6, 6.07) is -1.10. The fourth-order valence-electron chi connectivity index (χ4n) is 1.62. The summed E-state index contributed by atoms with van der Waals surface area (Å²) < 4.78 is 38.1. The highest BCUT2D eigenvalue weighted by atomic mass is 35.5. The Bertz CT molecular complexity index is 569. The van der Waals surface area contributed by atoms with E-state index in [4.69, 9.17) is 16.7 Å². The molecule has 1 atom stereocenters. The van der Waals surface area contributed by atoms with E-state index in [0.29, 0.717) is 4.68 Å². The molecule has 1 unspecified atom stereocenters. The zero-order chi connectivity index (χ0) is 15.7. The lowest BCUT2D eigenvalue weighted by atomic mass is 10.0. The highest BCUT2D eigenvalue weighted by molar-refractivity contribution is 6.30. The van der Waals surface area contributed by atoms with Crippen LogP contribution in [0.3, 0.4) is 0 Å². The number of nitrogens with zero attached hydrogens (tertiary/aromatic N) is 2. The molecular formula is C11H12ClF3N2O3. The molecule has 112 valence electrons. The Labute approximate surface area is 117 Å². The summed E-state index contributed by atoms with van der Waals surface area (Å²) in [4.78, 5) is 22.8. The van der Waals surface area contributed by atoms with E-state index in [1.807, 2.05) is 0 Å². The Morgan fingerprint density at radius 1 is 1.50 bits per heavy atom. The van der Waals surface area contributed by atoms with Crippen LogP contribution in [0.15, 0.2) is 10.9 Å². The first kappa shape index (κ1) is 16.5. The highest BCUT2D eigenvalue weighted by Crippen LogP contribution is 2.32. The lowest BCUT2D eigenvalue weighted by Crippen LogP contribution is -2.34. The third kappa shape index (κ3) is 3.72. The van der Waals surface area contributed by atoms with Crippen molar-refractivity contribution in [2.45, 2.75) is 32.5 Å². The first-order valence-electron chi connectivity index (χ1n) is 5.63. The van der Waals surface area contributed by atoms with Crippen LogP contribution in [0.25, 0.3) is 0 Å². The van der Waals surface area contributed by atoms with Gasteiger partial charge in [0.05, 0.1) is 0 Å². The average Bonchev–Trinajstić information content (AvgIpc) is 2.26. The van der Waals surface area contributed by atoms with Gasteiger partial charge < -0.3 is 5.11 Å². The molecule has 1 rings (SSSR count). The van der Waals surface area contributed by atoms with E-state index >= 15 is 0 Å². The van der Waals surface area contributed by atoms with Gasteiger partial charge in [-0.2, -0.15) is 18.3 Å². The van der Waals surface area contributed by atoms with Crippen molar-refractivity contribution in [2.75, 3.05) is 0 Å². The molecule has 0 aliphatic carbocycles. The molecule has 0 aromatic carbocycles. The Morgan fingerprint density at radius 2 is 2.05 bits per heavy atom. The molecule has 1 aromatic heterocycles. The number of aromatic nitrogens is 2. The van der Waals surface area contributed by atoms with E-state index < -0.39 is 34.5 Å². The predicted octanol–water partition coefficient (Wildman–Crippen LogP) is 2.59. The van der Waals surface area contributed by atoms with Crippen molar-refractivity contribution in [1.82, 2.24) is 9.78 Å². The molecule has 0 saturated heterocycles. The first-order valence-corrected chi connectivity index (χ1v) is 6.01. The van der Waals surface area contributed by atoms with Crippen molar-refractivity contribution in [1.29, 1.82) is 0 Å². The normalized spacial score (nSPS) is 13.6. The molecule has 0 spiro atoms. The molecular weight excluding hydrogens is 301 g/mol. The molecule has 20 heavy (non-hydrogen) atoms. The zero-order valence-corrected chi connectivity index (χ0v) is 11.4. The minimum Gasteiger partial charge on any atom is -0.480 e. The largest absolute Gasteiger partial charge is 0.480 e. The zero-order valence-electron chi connectivity index (χ0n) is 10.6. The number of hydrogen-bond acceptors (Lipinski definition) is 3. The van der Waals surface area contributed by atoms with Crippen LogP contribution in [0.2, 0.25) is 5.15 Å². The summed E-state index contributed by atoms with van der Waals surface area (Å²) in [6.07, 6.45) is -4.77. The standard InChI is InChI=1S/C11H12ClF3N2O3/c1-5(2)3-7(10(19)20)17-8(18)4-6(9(12)16-17)11(13,14)15/h4-5,7H,3H2,1-2H3,(H,19,20). The van der Waals surface area contributed by atoms with E-state index in [1.54, 1.807) is 13.8 Å². The molecule has 1 heterocycles. The topological polar surface area (TPSA) is 72.2 Å². The first-order chi connectivity index (χ1) is 9.04. The summed E-state index contributed by atoms with van der Waals surface area (Å²) in [7, 11) is 0. The fourth-order valence-corrected chi connectivity index (χ4v) is 1.86. The van der Waals surface area contributed by atoms with E-state index in [-0.39, 0.29) is 18.4 Å². The third-order valence-electron chi connectivity index (χ3n) is 2.49. The Hall–Kier alpha value is -1.57. The van der Waals surface area contributed by atoms with Crippen LogP contribution >= 0.6 is 11.6 Å². The smallest absolute Gasteiger partial charge is 0.419 e. The van der Waals surface area contributed by atoms with Crippen LogP contribution in [0.1, 0.15) is 31.9 Å².